The summed E-state index contributed by atoms with van der Waals surface area (Å²) in [6.45, 7) is 0.615. The van der Waals surface area contributed by atoms with Crippen LogP contribution < -0.4 is 5.73 Å². The van der Waals surface area contributed by atoms with Crippen molar-refractivity contribution in [1.82, 2.24) is 4.90 Å². The molecule has 0 aliphatic carbocycles. The number of carbonyl (C=O) groups excluding carboxylic acids is 1. The van der Waals surface area contributed by atoms with Crippen molar-refractivity contribution >= 4 is 5.91 Å². The van der Waals surface area contributed by atoms with Crippen LogP contribution in [0.4, 0.5) is 13.2 Å². The largest absolute Gasteiger partial charge is 0.406 e. The summed E-state index contributed by atoms with van der Waals surface area (Å²) in [5, 5.41) is 0. The Balaban J connectivity index is 2.82. The molecule has 1 aromatic carbocycles. The molecule has 0 heterocycles. The summed E-state index contributed by atoms with van der Waals surface area (Å²) in [4.78, 5) is 12.6. The van der Waals surface area contributed by atoms with Crippen molar-refractivity contribution in [2.45, 2.75) is 19.6 Å². The van der Waals surface area contributed by atoms with Gasteiger partial charge in [0.05, 0.1) is 0 Å². The minimum atomic E-state index is -4.39. The van der Waals surface area contributed by atoms with Crippen LogP contribution in [-0.2, 0) is 6.54 Å². The summed E-state index contributed by atoms with van der Waals surface area (Å²) < 4.78 is 36.8. The first-order valence-electron chi connectivity index (χ1n) is 5.52. The summed E-state index contributed by atoms with van der Waals surface area (Å²) in [5.41, 5.74) is 6.46. The Bertz CT molecular complexity index is 401. The number of amides is 1. The van der Waals surface area contributed by atoms with E-state index >= 15 is 0 Å². The van der Waals surface area contributed by atoms with Crippen LogP contribution in [0, 0.1) is 0 Å². The van der Waals surface area contributed by atoms with E-state index in [4.69, 9.17) is 5.73 Å². The SMILES string of the molecule is CCN(CC(F)(F)F)C(=O)c1ccc(CN)cc1. The van der Waals surface area contributed by atoms with Gasteiger partial charge in [-0.1, -0.05) is 12.1 Å². The van der Waals surface area contributed by atoms with Gasteiger partial charge in [-0.2, -0.15) is 13.2 Å². The molecule has 0 fully saturated rings. The van der Waals surface area contributed by atoms with E-state index in [-0.39, 0.29) is 12.1 Å². The Morgan fingerprint density at radius 1 is 1.28 bits per heavy atom. The van der Waals surface area contributed by atoms with Gasteiger partial charge in [0.2, 0.25) is 0 Å². The van der Waals surface area contributed by atoms with Crippen LogP contribution >= 0.6 is 0 Å². The smallest absolute Gasteiger partial charge is 0.330 e. The Hall–Kier alpha value is -1.56. The molecule has 0 saturated carbocycles. The third kappa shape index (κ3) is 4.03. The van der Waals surface area contributed by atoms with E-state index in [1.807, 2.05) is 0 Å². The third-order valence-corrected chi connectivity index (χ3v) is 2.48. The molecule has 0 aromatic heterocycles. The standard InChI is InChI=1S/C12H15F3N2O/c1-2-17(8-12(13,14)15)11(18)10-5-3-9(7-16)4-6-10/h3-6H,2,7-8,16H2,1H3. The fraction of sp³-hybridized carbons (Fsp3) is 0.417. The van der Waals surface area contributed by atoms with Crippen molar-refractivity contribution < 1.29 is 18.0 Å². The molecule has 6 heteroatoms. The molecule has 0 atom stereocenters. The number of halogens is 3. The molecule has 0 unspecified atom stereocenters. The molecule has 1 rings (SSSR count). The van der Waals surface area contributed by atoms with Gasteiger partial charge in [-0.3, -0.25) is 4.79 Å². The number of carbonyl (C=O) groups is 1. The number of nitrogens with zero attached hydrogens (tertiary/aromatic N) is 1. The van der Waals surface area contributed by atoms with Crippen molar-refractivity contribution in [1.29, 1.82) is 0 Å². The highest BCUT2D eigenvalue weighted by Gasteiger charge is 2.32. The summed E-state index contributed by atoms with van der Waals surface area (Å²) in [6, 6.07) is 6.25. The number of rotatable bonds is 4. The van der Waals surface area contributed by atoms with Crippen molar-refractivity contribution in [3.8, 4) is 0 Å². The fourth-order valence-corrected chi connectivity index (χ4v) is 1.51. The molecule has 2 N–H and O–H groups in total. The molecular formula is C12H15F3N2O. The Kier molecular flexibility index (Phi) is 4.72. The first-order chi connectivity index (χ1) is 8.37. The summed E-state index contributed by atoms with van der Waals surface area (Å²) in [6.07, 6.45) is -4.39. The lowest BCUT2D eigenvalue weighted by atomic mass is 10.1. The maximum atomic E-state index is 12.3. The molecule has 0 saturated heterocycles. The van der Waals surface area contributed by atoms with Gasteiger partial charge >= 0.3 is 6.18 Å². The quantitative estimate of drug-likeness (QED) is 0.901. The molecular weight excluding hydrogens is 245 g/mol. The molecule has 0 spiro atoms. The van der Waals surface area contributed by atoms with Crippen molar-refractivity contribution in [3.05, 3.63) is 35.4 Å². The molecule has 1 aromatic rings. The zero-order valence-corrected chi connectivity index (χ0v) is 10.00. The first kappa shape index (κ1) is 14.5. The van der Waals surface area contributed by atoms with Crippen molar-refractivity contribution in [2.75, 3.05) is 13.1 Å². The number of hydrogen-bond acceptors (Lipinski definition) is 2. The molecule has 1 amide bonds. The number of alkyl halides is 3. The minimum absolute atomic E-state index is 0.0109. The van der Waals surface area contributed by atoms with E-state index in [2.05, 4.69) is 0 Å². The highest BCUT2D eigenvalue weighted by atomic mass is 19.4. The van der Waals surface area contributed by atoms with Gasteiger partial charge in [-0.25, -0.2) is 0 Å². The molecule has 0 radical (unpaired) electrons. The van der Waals surface area contributed by atoms with Crippen LogP contribution in [-0.4, -0.2) is 30.1 Å². The molecule has 0 aliphatic rings. The molecule has 0 aliphatic heterocycles. The van der Waals surface area contributed by atoms with E-state index in [0.717, 1.165) is 10.5 Å². The predicted octanol–water partition coefficient (Wildman–Crippen LogP) is 2.17. The number of hydrogen-bond donors (Lipinski definition) is 1. The maximum Gasteiger partial charge on any atom is 0.406 e. The van der Waals surface area contributed by atoms with Crippen LogP contribution in [0.3, 0.4) is 0 Å². The lowest BCUT2D eigenvalue weighted by Gasteiger charge is -2.22. The topological polar surface area (TPSA) is 46.3 Å². The maximum absolute atomic E-state index is 12.3. The Morgan fingerprint density at radius 2 is 1.83 bits per heavy atom. The molecule has 3 nitrogen and oxygen atoms in total. The van der Waals surface area contributed by atoms with Crippen LogP contribution in [0.15, 0.2) is 24.3 Å². The molecule has 100 valence electrons. The molecule has 0 bridgehead atoms. The second-order valence-electron chi connectivity index (χ2n) is 3.84. The van der Waals surface area contributed by atoms with Crippen molar-refractivity contribution in [3.63, 3.8) is 0 Å². The average molecular weight is 260 g/mol. The normalized spacial score (nSPS) is 11.4. The summed E-state index contributed by atoms with van der Waals surface area (Å²) >= 11 is 0. The third-order valence-electron chi connectivity index (χ3n) is 2.48. The highest BCUT2D eigenvalue weighted by Crippen LogP contribution is 2.18. The zero-order valence-electron chi connectivity index (χ0n) is 10.00. The van der Waals surface area contributed by atoms with E-state index in [9.17, 15) is 18.0 Å². The Morgan fingerprint density at radius 3 is 2.22 bits per heavy atom. The zero-order chi connectivity index (χ0) is 13.8. The van der Waals surface area contributed by atoms with E-state index < -0.39 is 18.6 Å². The van der Waals surface area contributed by atoms with E-state index in [1.165, 1.54) is 19.1 Å². The average Bonchev–Trinajstić information content (AvgIpc) is 2.34. The van der Waals surface area contributed by atoms with Crippen LogP contribution in [0.2, 0.25) is 0 Å². The summed E-state index contributed by atoms with van der Waals surface area (Å²) in [5.74, 6) is -0.626. The van der Waals surface area contributed by atoms with Gasteiger partial charge in [-0.05, 0) is 24.6 Å². The number of benzene rings is 1. The van der Waals surface area contributed by atoms with Gasteiger partial charge in [0.15, 0.2) is 0 Å². The van der Waals surface area contributed by atoms with E-state index in [1.54, 1.807) is 12.1 Å². The van der Waals surface area contributed by atoms with E-state index in [0.29, 0.717) is 6.54 Å². The van der Waals surface area contributed by atoms with Crippen LogP contribution in [0.5, 0.6) is 0 Å². The minimum Gasteiger partial charge on any atom is -0.330 e. The second kappa shape index (κ2) is 5.86. The van der Waals surface area contributed by atoms with Gasteiger partial charge in [0.25, 0.3) is 5.91 Å². The molecule has 18 heavy (non-hydrogen) atoms. The number of nitrogens with two attached hydrogens (primary N) is 1. The first-order valence-corrected chi connectivity index (χ1v) is 5.52. The van der Waals surface area contributed by atoms with Crippen molar-refractivity contribution in [2.24, 2.45) is 5.73 Å². The second-order valence-corrected chi connectivity index (χ2v) is 3.84. The lowest BCUT2D eigenvalue weighted by molar-refractivity contribution is -0.140. The fourth-order valence-electron chi connectivity index (χ4n) is 1.51. The van der Waals surface area contributed by atoms with Gasteiger partial charge in [-0.15, -0.1) is 0 Å². The van der Waals surface area contributed by atoms with Gasteiger partial charge < -0.3 is 10.6 Å². The summed E-state index contributed by atoms with van der Waals surface area (Å²) in [7, 11) is 0. The Labute approximate surface area is 103 Å². The predicted molar refractivity (Wildman–Crippen MR) is 62.0 cm³/mol. The monoisotopic (exact) mass is 260 g/mol. The highest BCUT2D eigenvalue weighted by molar-refractivity contribution is 5.94. The van der Waals surface area contributed by atoms with Gasteiger partial charge in [0, 0.05) is 18.7 Å². The van der Waals surface area contributed by atoms with Gasteiger partial charge in [0.1, 0.15) is 6.54 Å². The lowest BCUT2D eigenvalue weighted by Crippen LogP contribution is -2.38. The van der Waals surface area contributed by atoms with Crippen LogP contribution in [0.1, 0.15) is 22.8 Å². The van der Waals surface area contributed by atoms with Crippen LogP contribution in [0.25, 0.3) is 0 Å².